The number of hydrogen-bond acceptors (Lipinski definition) is 4. The molecule has 1 rings (SSSR count). The molecule has 0 saturated heterocycles. The second-order valence-electron chi connectivity index (χ2n) is 5.42. The van der Waals surface area contributed by atoms with E-state index in [0.717, 1.165) is 54.1 Å². The van der Waals surface area contributed by atoms with Gasteiger partial charge in [0.05, 0.1) is 0 Å². The van der Waals surface area contributed by atoms with Gasteiger partial charge in [-0.3, -0.25) is 0 Å². The minimum atomic E-state index is 0.732. The molecule has 0 spiro atoms. The lowest BCUT2D eigenvalue weighted by molar-refractivity contribution is 0.636. The molecule has 1 atom stereocenters. The Morgan fingerprint density at radius 3 is 2.50 bits per heavy atom. The second kappa shape index (κ2) is 9.22. The molecule has 1 N–H and O–H groups in total. The minimum absolute atomic E-state index is 0.732. The molecule has 0 aliphatic heterocycles. The van der Waals surface area contributed by atoms with Crippen LogP contribution in [0.2, 0.25) is 0 Å². The van der Waals surface area contributed by atoms with Crippen LogP contribution in [0.4, 0.5) is 5.82 Å². The minimum Gasteiger partial charge on any atom is -0.370 e. The van der Waals surface area contributed by atoms with Crippen LogP contribution < -0.4 is 5.32 Å². The quantitative estimate of drug-likeness (QED) is 0.529. The van der Waals surface area contributed by atoms with Gasteiger partial charge in [-0.1, -0.05) is 34.1 Å². The standard InChI is InChI=1S/C16H29N3S/c1-6-9-14-18-15(17-10-7-2)13(5)16(19-14)20-11-12(4)8-3/h12H,6-11H2,1-5H3,(H,17,18,19). The molecule has 0 amide bonds. The zero-order chi connectivity index (χ0) is 15.0. The van der Waals surface area contributed by atoms with Gasteiger partial charge in [-0.2, -0.15) is 0 Å². The number of aryl methyl sites for hydroxylation is 1. The fourth-order valence-corrected chi connectivity index (χ4v) is 2.93. The van der Waals surface area contributed by atoms with E-state index in [4.69, 9.17) is 4.98 Å². The van der Waals surface area contributed by atoms with Crippen molar-refractivity contribution in [1.82, 2.24) is 9.97 Å². The number of thioether (sulfide) groups is 1. The number of nitrogens with one attached hydrogen (secondary N) is 1. The summed E-state index contributed by atoms with van der Waals surface area (Å²) in [7, 11) is 0. The van der Waals surface area contributed by atoms with Crippen molar-refractivity contribution in [3.63, 3.8) is 0 Å². The molecule has 1 aromatic rings. The lowest BCUT2D eigenvalue weighted by Crippen LogP contribution is -2.09. The molecule has 1 heterocycles. The van der Waals surface area contributed by atoms with Gasteiger partial charge < -0.3 is 5.32 Å². The summed E-state index contributed by atoms with van der Waals surface area (Å²) in [6, 6.07) is 0. The molecule has 0 radical (unpaired) electrons. The molecule has 0 fully saturated rings. The molecule has 4 heteroatoms. The van der Waals surface area contributed by atoms with Crippen molar-refractivity contribution in [1.29, 1.82) is 0 Å². The van der Waals surface area contributed by atoms with Crippen LogP contribution in [-0.2, 0) is 6.42 Å². The maximum Gasteiger partial charge on any atom is 0.133 e. The van der Waals surface area contributed by atoms with Crippen LogP contribution >= 0.6 is 11.8 Å². The average molecular weight is 295 g/mol. The Morgan fingerprint density at radius 1 is 1.15 bits per heavy atom. The second-order valence-corrected chi connectivity index (χ2v) is 6.43. The number of aromatic nitrogens is 2. The summed E-state index contributed by atoms with van der Waals surface area (Å²) in [6.45, 7) is 12.0. The highest BCUT2D eigenvalue weighted by molar-refractivity contribution is 7.99. The first-order valence-corrected chi connectivity index (χ1v) is 8.85. The van der Waals surface area contributed by atoms with Gasteiger partial charge in [0.2, 0.25) is 0 Å². The Hall–Kier alpha value is -0.770. The predicted octanol–water partition coefficient (Wildman–Crippen LogP) is 4.70. The van der Waals surface area contributed by atoms with E-state index in [2.05, 4.69) is 44.9 Å². The molecule has 0 saturated carbocycles. The average Bonchev–Trinajstić information content (AvgIpc) is 2.45. The van der Waals surface area contributed by atoms with Crippen molar-refractivity contribution in [3.8, 4) is 0 Å². The number of hydrogen-bond donors (Lipinski definition) is 1. The van der Waals surface area contributed by atoms with Crippen molar-refractivity contribution < 1.29 is 0 Å². The predicted molar refractivity (Wildman–Crippen MR) is 89.7 cm³/mol. The topological polar surface area (TPSA) is 37.8 Å². The fraction of sp³-hybridized carbons (Fsp3) is 0.750. The molecule has 114 valence electrons. The third-order valence-corrected chi connectivity index (χ3v) is 4.77. The van der Waals surface area contributed by atoms with Gasteiger partial charge in [0.1, 0.15) is 16.7 Å². The molecule has 20 heavy (non-hydrogen) atoms. The molecular weight excluding hydrogens is 266 g/mol. The van der Waals surface area contributed by atoms with Crippen molar-refractivity contribution in [2.75, 3.05) is 17.6 Å². The monoisotopic (exact) mass is 295 g/mol. The maximum absolute atomic E-state index is 4.75. The van der Waals surface area contributed by atoms with Crippen LogP contribution in [-0.4, -0.2) is 22.3 Å². The fourth-order valence-electron chi connectivity index (χ4n) is 1.77. The molecule has 0 bridgehead atoms. The highest BCUT2D eigenvalue weighted by Gasteiger charge is 2.12. The van der Waals surface area contributed by atoms with E-state index in [9.17, 15) is 0 Å². The Kier molecular flexibility index (Phi) is 7.97. The molecule has 0 aliphatic rings. The van der Waals surface area contributed by atoms with Crippen LogP contribution in [0.25, 0.3) is 0 Å². The van der Waals surface area contributed by atoms with E-state index in [0.29, 0.717) is 0 Å². The third-order valence-electron chi connectivity index (χ3n) is 3.37. The molecule has 0 aliphatic carbocycles. The molecule has 0 aromatic carbocycles. The van der Waals surface area contributed by atoms with E-state index in [1.54, 1.807) is 0 Å². The normalized spacial score (nSPS) is 12.4. The summed E-state index contributed by atoms with van der Waals surface area (Å²) in [5, 5.41) is 4.59. The SMILES string of the molecule is CCCNc1nc(CCC)nc(SCC(C)CC)c1C. The van der Waals surface area contributed by atoms with Crippen molar-refractivity contribution in [3.05, 3.63) is 11.4 Å². The first-order chi connectivity index (χ1) is 9.62. The van der Waals surface area contributed by atoms with Crippen LogP contribution in [0, 0.1) is 12.8 Å². The third kappa shape index (κ3) is 5.31. The Bertz CT molecular complexity index is 407. The van der Waals surface area contributed by atoms with E-state index in [1.807, 2.05) is 11.8 Å². The first-order valence-electron chi connectivity index (χ1n) is 7.86. The largest absolute Gasteiger partial charge is 0.370 e. The van der Waals surface area contributed by atoms with E-state index in [-0.39, 0.29) is 0 Å². The summed E-state index contributed by atoms with van der Waals surface area (Å²) in [5.41, 5.74) is 1.20. The first kappa shape index (κ1) is 17.3. The summed E-state index contributed by atoms with van der Waals surface area (Å²) in [6.07, 6.45) is 4.38. The Labute approximate surface area is 128 Å². The van der Waals surface area contributed by atoms with E-state index in [1.165, 1.54) is 12.0 Å². The van der Waals surface area contributed by atoms with Crippen LogP contribution in [0.5, 0.6) is 0 Å². The number of nitrogens with zero attached hydrogens (tertiary/aromatic N) is 2. The van der Waals surface area contributed by atoms with E-state index < -0.39 is 0 Å². The Morgan fingerprint density at radius 2 is 1.90 bits per heavy atom. The van der Waals surface area contributed by atoms with Gasteiger partial charge in [-0.05, 0) is 25.7 Å². The summed E-state index contributed by atoms with van der Waals surface area (Å²) < 4.78 is 0. The summed E-state index contributed by atoms with van der Waals surface area (Å²) >= 11 is 1.88. The lowest BCUT2D eigenvalue weighted by Gasteiger charge is -2.14. The summed E-state index contributed by atoms with van der Waals surface area (Å²) in [5.74, 6) is 3.86. The van der Waals surface area contributed by atoms with Crippen molar-refractivity contribution in [2.45, 2.75) is 65.3 Å². The highest BCUT2D eigenvalue weighted by Crippen LogP contribution is 2.27. The van der Waals surface area contributed by atoms with Gasteiger partial charge >= 0.3 is 0 Å². The smallest absolute Gasteiger partial charge is 0.133 e. The van der Waals surface area contributed by atoms with Gasteiger partial charge in [-0.15, -0.1) is 11.8 Å². The van der Waals surface area contributed by atoms with Crippen LogP contribution in [0.3, 0.4) is 0 Å². The maximum atomic E-state index is 4.75. The molecule has 1 aromatic heterocycles. The van der Waals surface area contributed by atoms with Gasteiger partial charge in [0.15, 0.2) is 0 Å². The van der Waals surface area contributed by atoms with Crippen molar-refractivity contribution in [2.24, 2.45) is 5.92 Å². The molecule has 1 unspecified atom stereocenters. The van der Waals surface area contributed by atoms with Crippen LogP contribution in [0.15, 0.2) is 5.03 Å². The zero-order valence-corrected chi connectivity index (χ0v) is 14.4. The van der Waals surface area contributed by atoms with Gasteiger partial charge in [0.25, 0.3) is 0 Å². The lowest BCUT2D eigenvalue weighted by atomic mass is 10.2. The van der Waals surface area contributed by atoms with Gasteiger partial charge in [-0.25, -0.2) is 9.97 Å². The number of rotatable bonds is 9. The number of anilines is 1. The van der Waals surface area contributed by atoms with E-state index >= 15 is 0 Å². The summed E-state index contributed by atoms with van der Waals surface area (Å²) in [4.78, 5) is 9.42. The van der Waals surface area contributed by atoms with Crippen LogP contribution in [0.1, 0.15) is 58.3 Å². The molecule has 3 nitrogen and oxygen atoms in total. The Balaban J connectivity index is 2.91. The highest BCUT2D eigenvalue weighted by atomic mass is 32.2. The molecular formula is C16H29N3S. The zero-order valence-electron chi connectivity index (χ0n) is 13.6. The van der Waals surface area contributed by atoms with Crippen molar-refractivity contribution >= 4 is 17.6 Å². The van der Waals surface area contributed by atoms with Gasteiger partial charge in [0, 0.05) is 24.3 Å².